The van der Waals surface area contributed by atoms with Gasteiger partial charge in [-0.1, -0.05) is 25.1 Å². The van der Waals surface area contributed by atoms with E-state index in [1.54, 1.807) is 0 Å². The lowest BCUT2D eigenvalue weighted by Gasteiger charge is -2.41. The average molecular weight is 260 g/mol. The number of anilines is 1. The van der Waals surface area contributed by atoms with Crippen LogP contribution in [-0.4, -0.2) is 24.7 Å². The lowest BCUT2D eigenvalue weighted by molar-refractivity contribution is 0.451. The van der Waals surface area contributed by atoms with Gasteiger partial charge in [-0.25, -0.2) is 0 Å². The zero-order valence-corrected chi connectivity index (χ0v) is 13.1. The minimum atomic E-state index is 0.216. The van der Waals surface area contributed by atoms with Gasteiger partial charge in [-0.2, -0.15) is 0 Å². The van der Waals surface area contributed by atoms with Crippen LogP contribution in [-0.2, 0) is 6.42 Å². The summed E-state index contributed by atoms with van der Waals surface area (Å²) in [6, 6.07) is 7.25. The van der Waals surface area contributed by atoms with Crippen molar-refractivity contribution in [3.05, 3.63) is 29.3 Å². The zero-order valence-electron chi connectivity index (χ0n) is 13.1. The van der Waals surface area contributed by atoms with Crippen molar-refractivity contribution >= 4 is 5.69 Å². The van der Waals surface area contributed by atoms with Crippen LogP contribution in [0.3, 0.4) is 0 Å². The molecule has 1 fully saturated rings. The van der Waals surface area contributed by atoms with Crippen LogP contribution in [0.4, 0.5) is 5.69 Å². The fraction of sp³-hybridized carbons (Fsp3) is 0.647. The predicted octanol–water partition coefficient (Wildman–Crippen LogP) is 3.52. The molecule has 1 unspecified atom stereocenters. The molecule has 1 saturated heterocycles. The number of nitrogens with zero attached hydrogens (tertiary/aromatic N) is 1. The van der Waals surface area contributed by atoms with Crippen LogP contribution in [0.1, 0.15) is 45.2 Å². The van der Waals surface area contributed by atoms with Gasteiger partial charge in [0.1, 0.15) is 0 Å². The topological polar surface area (TPSA) is 15.3 Å². The number of aryl methyl sites for hydroxylation is 2. The van der Waals surface area contributed by atoms with Gasteiger partial charge in [-0.3, -0.25) is 0 Å². The fourth-order valence-electron chi connectivity index (χ4n) is 3.13. The molecule has 0 bridgehead atoms. The van der Waals surface area contributed by atoms with E-state index in [0.29, 0.717) is 6.04 Å². The molecule has 1 atom stereocenters. The summed E-state index contributed by atoms with van der Waals surface area (Å²) in [5, 5.41) is 3.62. The smallest absolute Gasteiger partial charge is 0.0433 e. The number of para-hydroxylation sites is 1. The van der Waals surface area contributed by atoms with Crippen LogP contribution in [0.5, 0.6) is 0 Å². The van der Waals surface area contributed by atoms with Crippen molar-refractivity contribution in [2.24, 2.45) is 0 Å². The lowest BCUT2D eigenvalue weighted by Crippen LogP contribution is -2.47. The van der Waals surface area contributed by atoms with E-state index in [-0.39, 0.29) is 5.54 Å². The Labute approximate surface area is 118 Å². The average Bonchev–Trinajstić information content (AvgIpc) is 2.48. The second-order valence-corrected chi connectivity index (χ2v) is 6.46. The molecule has 2 nitrogen and oxygen atoms in total. The summed E-state index contributed by atoms with van der Waals surface area (Å²) in [5.41, 5.74) is 4.56. The van der Waals surface area contributed by atoms with E-state index in [9.17, 15) is 0 Å². The van der Waals surface area contributed by atoms with Crippen LogP contribution >= 0.6 is 0 Å². The summed E-state index contributed by atoms with van der Waals surface area (Å²) in [4.78, 5) is 2.63. The molecular formula is C17H28N2. The molecule has 0 amide bonds. The van der Waals surface area contributed by atoms with E-state index in [1.807, 2.05) is 0 Å². The molecule has 2 rings (SSSR count). The first-order valence-electron chi connectivity index (χ1n) is 7.55. The maximum atomic E-state index is 3.62. The summed E-state index contributed by atoms with van der Waals surface area (Å²) in [6.07, 6.45) is 2.29. The van der Waals surface area contributed by atoms with E-state index < -0.39 is 0 Å². The molecule has 0 spiro atoms. The van der Waals surface area contributed by atoms with Gasteiger partial charge in [0.05, 0.1) is 0 Å². The predicted molar refractivity (Wildman–Crippen MR) is 84.1 cm³/mol. The third kappa shape index (κ3) is 2.94. The van der Waals surface area contributed by atoms with Crippen LogP contribution in [0.25, 0.3) is 0 Å². The first kappa shape index (κ1) is 14.4. The Morgan fingerprint density at radius 3 is 2.79 bits per heavy atom. The number of benzene rings is 1. The summed E-state index contributed by atoms with van der Waals surface area (Å²) in [6.45, 7) is 13.7. The molecule has 0 saturated carbocycles. The fourth-order valence-corrected chi connectivity index (χ4v) is 3.13. The van der Waals surface area contributed by atoms with Crippen molar-refractivity contribution in [2.45, 2.75) is 59.0 Å². The minimum absolute atomic E-state index is 0.216. The van der Waals surface area contributed by atoms with Crippen molar-refractivity contribution in [1.82, 2.24) is 5.32 Å². The first-order valence-corrected chi connectivity index (χ1v) is 7.55. The molecule has 1 aliphatic rings. The molecule has 0 aromatic heterocycles. The van der Waals surface area contributed by atoms with Crippen LogP contribution < -0.4 is 10.2 Å². The Bertz CT molecular complexity index is 437. The van der Waals surface area contributed by atoms with Gasteiger partial charge >= 0.3 is 0 Å². The molecule has 2 heteroatoms. The summed E-state index contributed by atoms with van der Waals surface area (Å²) >= 11 is 0. The Hall–Kier alpha value is -1.02. The Morgan fingerprint density at radius 1 is 1.37 bits per heavy atom. The Balaban J connectivity index is 2.47. The summed E-state index contributed by atoms with van der Waals surface area (Å²) in [5.74, 6) is 0. The van der Waals surface area contributed by atoms with Gasteiger partial charge in [0.2, 0.25) is 0 Å². The second kappa shape index (κ2) is 5.54. The molecule has 1 N–H and O–H groups in total. The second-order valence-electron chi connectivity index (χ2n) is 6.46. The summed E-state index contributed by atoms with van der Waals surface area (Å²) in [7, 11) is 0. The highest BCUT2D eigenvalue weighted by Crippen LogP contribution is 2.34. The third-order valence-electron chi connectivity index (χ3n) is 4.39. The normalized spacial score (nSPS) is 23.2. The molecule has 1 aromatic rings. The Morgan fingerprint density at radius 2 is 2.11 bits per heavy atom. The van der Waals surface area contributed by atoms with Crippen LogP contribution in [0.2, 0.25) is 0 Å². The number of nitrogens with one attached hydrogen (secondary N) is 1. The van der Waals surface area contributed by atoms with Crippen molar-refractivity contribution < 1.29 is 0 Å². The SMILES string of the molecule is CCc1cccc(C)c1N1CC(C)NCCC1(C)C. The molecule has 19 heavy (non-hydrogen) atoms. The third-order valence-corrected chi connectivity index (χ3v) is 4.39. The van der Waals surface area contributed by atoms with Crippen molar-refractivity contribution in [3.8, 4) is 0 Å². The first-order chi connectivity index (χ1) is 8.95. The number of rotatable bonds is 2. The van der Waals surface area contributed by atoms with Gasteiger partial charge in [-0.05, 0) is 58.2 Å². The van der Waals surface area contributed by atoms with E-state index >= 15 is 0 Å². The van der Waals surface area contributed by atoms with Crippen molar-refractivity contribution in [2.75, 3.05) is 18.0 Å². The van der Waals surface area contributed by atoms with Gasteiger partial charge in [0.15, 0.2) is 0 Å². The van der Waals surface area contributed by atoms with Crippen LogP contribution in [0.15, 0.2) is 18.2 Å². The van der Waals surface area contributed by atoms with Gasteiger partial charge in [0, 0.05) is 23.8 Å². The highest BCUT2D eigenvalue weighted by atomic mass is 15.2. The molecule has 106 valence electrons. The van der Waals surface area contributed by atoms with Gasteiger partial charge in [0.25, 0.3) is 0 Å². The van der Waals surface area contributed by atoms with Gasteiger partial charge in [-0.15, -0.1) is 0 Å². The van der Waals surface area contributed by atoms with Gasteiger partial charge < -0.3 is 10.2 Å². The maximum Gasteiger partial charge on any atom is 0.0433 e. The molecular weight excluding hydrogens is 232 g/mol. The van der Waals surface area contributed by atoms with E-state index in [4.69, 9.17) is 0 Å². The molecule has 1 heterocycles. The molecule has 1 aliphatic heterocycles. The van der Waals surface area contributed by atoms with Crippen LogP contribution in [0, 0.1) is 6.92 Å². The monoisotopic (exact) mass is 260 g/mol. The maximum absolute atomic E-state index is 3.62. The zero-order chi connectivity index (χ0) is 14.0. The highest BCUT2D eigenvalue weighted by molar-refractivity contribution is 5.61. The highest BCUT2D eigenvalue weighted by Gasteiger charge is 2.32. The Kier molecular flexibility index (Phi) is 4.19. The largest absolute Gasteiger partial charge is 0.364 e. The quantitative estimate of drug-likeness (QED) is 0.875. The van der Waals surface area contributed by atoms with Crippen molar-refractivity contribution in [1.29, 1.82) is 0 Å². The van der Waals surface area contributed by atoms with E-state index in [0.717, 1.165) is 19.5 Å². The molecule has 0 aliphatic carbocycles. The lowest BCUT2D eigenvalue weighted by atomic mass is 9.94. The van der Waals surface area contributed by atoms with E-state index in [1.165, 1.54) is 23.2 Å². The molecule has 1 aromatic carbocycles. The standard InChI is InChI=1S/C17H28N2/c1-6-15-9-7-8-13(2)16(15)19-12-14(3)18-11-10-17(19,4)5/h7-9,14,18H,6,10-12H2,1-5H3. The number of hydrogen-bond acceptors (Lipinski definition) is 2. The summed E-state index contributed by atoms with van der Waals surface area (Å²) < 4.78 is 0. The minimum Gasteiger partial charge on any atom is -0.364 e. The number of hydrogen-bond donors (Lipinski definition) is 1. The van der Waals surface area contributed by atoms with E-state index in [2.05, 4.69) is 63.0 Å². The molecule has 0 radical (unpaired) electrons. The van der Waals surface area contributed by atoms with Crippen molar-refractivity contribution in [3.63, 3.8) is 0 Å².